The van der Waals surface area contributed by atoms with E-state index in [-0.39, 0.29) is 18.3 Å². The van der Waals surface area contributed by atoms with Crippen LogP contribution in [0.25, 0.3) is 0 Å². The van der Waals surface area contributed by atoms with Crippen molar-refractivity contribution in [1.82, 2.24) is 0 Å². The predicted octanol–water partition coefficient (Wildman–Crippen LogP) is 4.76. The van der Waals surface area contributed by atoms with E-state index in [0.717, 1.165) is 30.0 Å². The molecule has 0 aromatic heterocycles. The number of methoxy groups -OCH3 is 1. The molecule has 3 rings (SSSR count). The molecular formula is C21H27ClN2O3. The van der Waals surface area contributed by atoms with Crippen LogP contribution in [-0.4, -0.2) is 19.1 Å². The average Bonchev–Trinajstić information content (AvgIpc) is 2.70. The van der Waals surface area contributed by atoms with Crippen LogP contribution in [0.4, 0.5) is 5.69 Å². The van der Waals surface area contributed by atoms with Gasteiger partial charge in [0.05, 0.1) is 13.2 Å². The second-order valence-corrected chi connectivity index (χ2v) is 6.72. The molecule has 1 atom stereocenters. The molecule has 0 saturated heterocycles. The molecule has 0 spiro atoms. The highest BCUT2D eigenvalue weighted by Gasteiger charge is 2.26. The van der Waals surface area contributed by atoms with Gasteiger partial charge in [0.1, 0.15) is 17.2 Å². The van der Waals surface area contributed by atoms with E-state index in [1.165, 1.54) is 19.3 Å². The maximum Gasteiger partial charge on any atom is 0.241 e. The first-order valence-corrected chi connectivity index (χ1v) is 9.14. The number of carbonyl (C=O) groups excluding carboxylic acids is 1. The number of anilines is 1. The Morgan fingerprint density at radius 3 is 2.04 bits per heavy atom. The number of benzene rings is 2. The molecule has 27 heavy (non-hydrogen) atoms. The van der Waals surface area contributed by atoms with Crippen molar-refractivity contribution < 1.29 is 14.3 Å². The molecule has 0 bridgehead atoms. The summed E-state index contributed by atoms with van der Waals surface area (Å²) in [6.07, 6.45) is 5.68. The molecule has 0 heterocycles. The summed E-state index contributed by atoms with van der Waals surface area (Å²) < 4.78 is 10.9. The number of halogens is 1. The van der Waals surface area contributed by atoms with Crippen LogP contribution in [0.5, 0.6) is 17.2 Å². The lowest BCUT2D eigenvalue weighted by molar-refractivity contribution is -0.118. The van der Waals surface area contributed by atoms with Gasteiger partial charge in [0.2, 0.25) is 5.91 Å². The van der Waals surface area contributed by atoms with E-state index < -0.39 is 6.04 Å². The van der Waals surface area contributed by atoms with Crippen molar-refractivity contribution in [2.24, 2.45) is 11.7 Å². The van der Waals surface area contributed by atoms with E-state index in [9.17, 15) is 4.79 Å². The van der Waals surface area contributed by atoms with E-state index in [1.807, 2.05) is 48.5 Å². The largest absolute Gasteiger partial charge is 0.497 e. The number of nitrogens with one attached hydrogen (secondary N) is 1. The molecule has 146 valence electrons. The molecule has 1 fully saturated rings. The number of rotatable bonds is 6. The van der Waals surface area contributed by atoms with Crippen molar-refractivity contribution in [3.8, 4) is 17.2 Å². The van der Waals surface area contributed by atoms with Gasteiger partial charge >= 0.3 is 0 Å². The Morgan fingerprint density at radius 1 is 0.963 bits per heavy atom. The molecule has 3 N–H and O–H groups in total. The lowest BCUT2D eigenvalue weighted by Gasteiger charge is -2.26. The Morgan fingerprint density at radius 2 is 1.48 bits per heavy atom. The fourth-order valence-corrected chi connectivity index (χ4v) is 3.32. The molecule has 1 aliphatic rings. The zero-order chi connectivity index (χ0) is 18.4. The van der Waals surface area contributed by atoms with Crippen LogP contribution in [0.3, 0.4) is 0 Å². The van der Waals surface area contributed by atoms with Crippen LogP contribution >= 0.6 is 12.4 Å². The molecule has 1 saturated carbocycles. The summed E-state index contributed by atoms with van der Waals surface area (Å²) in [4.78, 5) is 12.4. The van der Waals surface area contributed by atoms with E-state index >= 15 is 0 Å². The van der Waals surface area contributed by atoms with Crippen LogP contribution in [0.1, 0.15) is 32.1 Å². The summed E-state index contributed by atoms with van der Waals surface area (Å²) in [5, 5.41) is 2.91. The standard InChI is InChI=1S/C21H26N2O3.ClH/c1-25-17-11-13-19(14-12-17)26-18-9-7-16(8-10-18)23-21(24)20(22)15-5-3-2-4-6-15;/h7-15,20H,2-6,22H2,1H3,(H,23,24);1H/t20-;/m0./s1. The van der Waals surface area contributed by atoms with Crippen molar-refractivity contribution in [3.05, 3.63) is 48.5 Å². The number of amides is 1. The number of nitrogens with two attached hydrogens (primary N) is 1. The lowest BCUT2D eigenvalue weighted by Crippen LogP contribution is -2.42. The summed E-state index contributed by atoms with van der Waals surface area (Å²) in [6.45, 7) is 0. The second-order valence-electron chi connectivity index (χ2n) is 6.72. The fourth-order valence-electron chi connectivity index (χ4n) is 3.32. The molecule has 0 radical (unpaired) electrons. The molecule has 2 aromatic carbocycles. The number of ether oxygens (including phenoxy) is 2. The normalized spacial score (nSPS) is 15.3. The number of carbonyl (C=O) groups is 1. The van der Waals surface area contributed by atoms with Crippen molar-refractivity contribution in [2.75, 3.05) is 12.4 Å². The van der Waals surface area contributed by atoms with Crippen molar-refractivity contribution in [3.63, 3.8) is 0 Å². The minimum absolute atomic E-state index is 0. The van der Waals surface area contributed by atoms with Crippen LogP contribution < -0.4 is 20.5 Å². The molecule has 1 amide bonds. The zero-order valence-corrected chi connectivity index (χ0v) is 16.3. The van der Waals surface area contributed by atoms with Gasteiger partial charge in [-0.05, 0) is 67.3 Å². The summed E-state index contributed by atoms with van der Waals surface area (Å²) >= 11 is 0. The van der Waals surface area contributed by atoms with Gasteiger partial charge in [-0.3, -0.25) is 4.79 Å². The van der Waals surface area contributed by atoms with Crippen molar-refractivity contribution in [2.45, 2.75) is 38.1 Å². The summed E-state index contributed by atoms with van der Waals surface area (Å²) in [5.74, 6) is 2.39. The molecule has 0 aliphatic heterocycles. The molecule has 1 aliphatic carbocycles. The Labute approximate surface area is 166 Å². The SMILES string of the molecule is COc1ccc(Oc2ccc(NC(=O)[C@@H](N)C3CCCCC3)cc2)cc1.Cl. The number of hydrogen-bond acceptors (Lipinski definition) is 4. The summed E-state index contributed by atoms with van der Waals surface area (Å²) in [7, 11) is 1.63. The Kier molecular flexibility index (Phi) is 7.95. The van der Waals surface area contributed by atoms with E-state index in [0.29, 0.717) is 11.7 Å². The smallest absolute Gasteiger partial charge is 0.241 e. The molecule has 6 heteroatoms. The van der Waals surface area contributed by atoms with Crippen molar-refractivity contribution >= 4 is 24.0 Å². The van der Waals surface area contributed by atoms with Crippen LogP contribution in [0, 0.1) is 5.92 Å². The molecule has 0 unspecified atom stereocenters. The van der Waals surface area contributed by atoms with Crippen LogP contribution in [0.15, 0.2) is 48.5 Å². The number of hydrogen-bond donors (Lipinski definition) is 2. The van der Waals surface area contributed by atoms with Gasteiger partial charge < -0.3 is 20.5 Å². The van der Waals surface area contributed by atoms with Gasteiger partial charge in [0, 0.05) is 5.69 Å². The minimum atomic E-state index is -0.439. The predicted molar refractivity (Wildman–Crippen MR) is 110 cm³/mol. The Hall–Kier alpha value is -2.24. The first-order valence-electron chi connectivity index (χ1n) is 9.14. The first kappa shape index (κ1) is 21.1. The van der Waals surface area contributed by atoms with E-state index in [1.54, 1.807) is 7.11 Å². The maximum atomic E-state index is 12.4. The Balaban J connectivity index is 0.00000261. The first-order chi connectivity index (χ1) is 12.7. The molecule has 2 aromatic rings. The topological polar surface area (TPSA) is 73.6 Å². The summed E-state index contributed by atoms with van der Waals surface area (Å²) in [5.41, 5.74) is 6.87. The Bertz CT molecular complexity index is 713. The van der Waals surface area contributed by atoms with Gasteiger partial charge in [0.15, 0.2) is 0 Å². The van der Waals surface area contributed by atoms with Gasteiger partial charge in [-0.2, -0.15) is 0 Å². The summed E-state index contributed by atoms with van der Waals surface area (Å²) in [6, 6.07) is 14.2. The monoisotopic (exact) mass is 390 g/mol. The van der Waals surface area contributed by atoms with Crippen LogP contribution in [-0.2, 0) is 4.79 Å². The van der Waals surface area contributed by atoms with Crippen molar-refractivity contribution in [1.29, 1.82) is 0 Å². The third-order valence-electron chi connectivity index (χ3n) is 4.88. The average molecular weight is 391 g/mol. The van der Waals surface area contributed by atoms with Crippen LogP contribution in [0.2, 0.25) is 0 Å². The molecule has 5 nitrogen and oxygen atoms in total. The van der Waals surface area contributed by atoms with Gasteiger partial charge in [-0.1, -0.05) is 19.3 Å². The zero-order valence-electron chi connectivity index (χ0n) is 15.5. The van der Waals surface area contributed by atoms with Gasteiger partial charge in [0.25, 0.3) is 0 Å². The van der Waals surface area contributed by atoms with Gasteiger partial charge in [-0.15, -0.1) is 12.4 Å². The highest BCUT2D eigenvalue weighted by molar-refractivity contribution is 5.94. The maximum absolute atomic E-state index is 12.4. The third kappa shape index (κ3) is 5.88. The highest BCUT2D eigenvalue weighted by atomic mass is 35.5. The van der Waals surface area contributed by atoms with E-state index in [2.05, 4.69) is 5.32 Å². The van der Waals surface area contributed by atoms with E-state index in [4.69, 9.17) is 15.2 Å². The highest BCUT2D eigenvalue weighted by Crippen LogP contribution is 2.27. The fraction of sp³-hybridized carbons (Fsp3) is 0.381. The quantitative estimate of drug-likeness (QED) is 0.746. The molecular weight excluding hydrogens is 364 g/mol. The lowest BCUT2D eigenvalue weighted by atomic mass is 9.84. The third-order valence-corrected chi connectivity index (χ3v) is 4.88. The second kappa shape index (κ2) is 10.2. The minimum Gasteiger partial charge on any atom is -0.497 e. The van der Waals surface area contributed by atoms with Gasteiger partial charge in [-0.25, -0.2) is 0 Å².